The quantitative estimate of drug-likeness (QED) is 0.748. The first-order valence-corrected chi connectivity index (χ1v) is 8.43. The van der Waals surface area contributed by atoms with E-state index in [9.17, 15) is 16.8 Å². The van der Waals surface area contributed by atoms with Gasteiger partial charge in [-0.05, 0) is 12.1 Å². The van der Waals surface area contributed by atoms with Gasteiger partial charge in [-0.3, -0.25) is 0 Å². The van der Waals surface area contributed by atoms with Crippen molar-refractivity contribution in [2.75, 3.05) is 12.5 Å². The third-order valence-corrected chi connectivity index (χ3v) is 3.43. The molecule has 0 saturated carbocycles. The molecular weight excluding hydrogens is 280 g/mol. The molecule has 2 aromatic rings. The fourth-order valence-corrected chi connectivity index (χ4v) is 2.62. The van der Waals surface area contributed by atoms with Gasteiger partial charge in [0.1, 0.15) is 0 Å². The van der Waals surface area contributed by atoms with Crippen LogP contribution in [0.3, 0.4) is 0 Å². The summed E-state index contributed by atoms with van der Waals surface area (Å²) < 4.78 is 50.6. The minimum Gasteiger partial charge on any atom is -0.359 e. The number of hydrogen-bond acceptors (Lipinski definition) is 6. The van der Waals surface area contributed by atoms with E-state index in [1.807, 2.05) is 0 Å². The summed E-state index contributed by atoms with van der Waals surface area (Å²) >= 11 is 0. The van der Waals surface area contributed by atoms with Crippen molar-refractivity contribution in [2.45, 2.75) is 0 Å². The van der Waals surface area contributed by atoms with Crippen molar-refractivity contribution < 1.29 is 21.0 Å². The average Bonchev–Trinajstić information content (AvgIpc) is 2.55. The third-order valence-electron chi connectivity index (χ3n) is 2.07. The molecule has 0 aliphatic carbocycles. The van der Waals surface area contributed by atoms with Crippen LogP contribution >= 0.6 is 0 Å². The first-order valence-electron chi connectivity index (χ1n) is 4.76. The zero-order chi connectivity index (χ0) is 13.6. The summed E-state index contributed by atoms with van der Waals surface area (Å²) in [4.78, 5) is 0. The maximum atomic E-state index is 11.5. The van der Waals surface area contributed by atoms with E-state index in [1.165, 1.54) is 12.1 Å². The molecule has 1 heterocycles. The number of para-hydroxylation sites is 1. The van der Waals surface area contributed by atoms with E-state index in [1.54, 1.807) is 12.1 Å². The fourth-order valence-electron chi connectivity index (χ4n) is 1.47. The SMILES string of the molecule is CS(=O)(=O)Oc1nn(S(C)(=O)=O)c2ccccc12. The number of hydrogen-bond donors (Lipinski definition) is 0. The molecule has 0 spiro atoms. The highest BCUT2D eigenvalue weighted by atomic mass is 32.2. The highest BCUT2D eigenvalue weighted by Crippen LogP contribution is 2.26. The lowest BCUT2D eigenvalue weighted by molar-refractivity contribution is 0.481. The minimum atomic E-state index is -3.77. The van der Waals surface area contributed by atoms with Crippen molar-refractivity contribution in [2.24, 2.45) is 0 Å². The molecule has 0 fully saturated rings. The van der Waals surface area contributed by atoms with E-state index >= 15 is 0 Å². The van der Waals surface area contributed by atoms with Crippen LogP contribution < -0.4 is 4.18 Å². The third kappa shape index (κ3) is 2.46. The molecular formula is C9H10N2O5S2. The average molecular weight is 290 g/mol. The van der Waals surface area contributed by atoms with E-state index < -0.39 is 20.1 Å². The monoisotopic (exact) mass is 290 g/mol. The van der Waals surface area contributed by atoms with Gasteiger partial charge in [0.2, 0.25) is 0 Å². The van der Waals surface area contributed by atoms with Crippen LogP contribution in [0.5, 0.6) is 5.88 Å². The maximum Gasteiger partial charge on any atom is 0.307 e. The Labute approximate surface area is 104 Å². The van der Waals surface area contributed by atoms with Gasteiger partial charge < -0.3 is 4.18 Å². The molecule has 0 saturated heterocycles. The summed E-state index contributed by atoms with van der Waals surface area (Å²) in [5.41, 5.74) is 0.263. The van der Waals surface area contributed by atoms with Crippen LogP contribution in [0.2, 0.25) is 0 Å². The second kappa shape index (κ2) is 3.95. The Kier molecular flexibility index (Phi) is 2.82. The van der Waals surface area contributed by atoms with Crippen molar-refractivity contribution in [3.05, 3.63) is 24.3 Å². The lowest BCUT2D eigenvalue weighted by atomic mass is 10.2. The highest BCUT2D eigenvalue weighted by Gasteiger charge is 2.19. The normalized spacial score (nSPS) is 12.8. The van der Waals surface area contributed by atoms with Gasteiger partial charge in [-0.15, -0.1) is 5.10 Å². The lowest BCUT2D eigenvalue weighted by Gasteiger charge is -1.98. The molecule has 7 nitrogen and oxygen atoms in total. The number of fused-ring (bicyclic) bond motifs is 1. The Balaban J connectivity index is 2.77. The van der Waals surface area contributed by atoms with Gasteiger partial charge in [-0.1, -0.05) is 12.1 Å². The molecule has 9 heteroatoms. The van der Waals surface area contributed by atoms with Crippen molar-refractivity contribution in [3.8, 4) is 5.88 Å². The van der Waals surface area contributed by atoms with Crippen molar-refractivity contribution >= 4 is 31.0 Å². The van der Waals surface area contributed by atoms with Crippen LogP contribution in [0.4, 0.5) is 0 Å². The topological polar surface area (TPSA) is 95.3 Å². The summed E-state index contributed by atoms with van der Waals surface area (Å²) in [6.45, 7) is 0. The zero-order valence-electron chi connectivity index (χ0n) is 9.56. The van der Waals surface area contributed by atoms with Gasteiger partial charge in [-0.25, -0.2) is 8.42 Å². The van der Waals surface area contributed by atoms with Gasteiger partial charge in [0, 0.05) is 0 Å². The Bertz CT molecular complexity index is 805. The van der Waals surface area contributed by atoms with Crippen LogP contribution in [0.15, 0.2) is 24.3 Å². The van der Waals surface area contributed by atoms with Gasteiger partial charge in [0.15, 0.2) is 0 Å². The lowest BCUT2D eigenvalue weighted by Crippen LogP contribution is -2.12. The molecule has 0 aliphatic heterocycles. The summed E-state index contributed by atoms with van der Waals surface area (Å²) in [6, 6.07) is 6.30. The first-order chi connectivity index (χ1) is 8.18. The number of rotatable bonds is 3. The predicted octanol–water partition coefficient (Wildman–Crippen LogP) is 0.182. The van der Waals surface area contributed by atoms with Crippen LogP contribution in [0.25, 0.3) is 10.9 Å². The smallest absolute Gasteiger partial charge is 0.307 e. The molecule has 0 bridgehead atoms. The number of benzene rings is 1. The molecule has 0 unspecified atom stereocenters. The molecule has 0 atom stereocenters. The van der Waals surface area contributed by atoms with Crippen LogP contribution in [0.1, 0.15) is 0 Å². The Morgan fingerprint density at radius 3 is 2.28 bits per heavy atom. The number of nitrogens with zero attached hydrogens (tertiary/aromatic N) is 2. The molecule has 2 rings (SSSR count). The second-order valence-electron chi connectivity index (χ2n) is 3.72. The minimum absolute atomic E-state index is 0.251. The molecule has 0 aliphatic rings. The maximum absolute atomic E-state index is 11.5. The van der Waals surface area contributed by atoms with Crippen molar-refractivity contribution in [3.63, 3.8) is 0 Å². The Morgan fingerprint density at radius 2 is 1.72 bits per heavy atom. The summed E-state index contributed by atoms with van der Waals surface area (Å²) in [5.74, 6) is -0.251. The molecule has 1 aromatic carbocycles. The van der Waals surface area contributed by atoms with Crippen LogP contribution in [0, 0.1) is 0 Å². The molecule has 0 amide bonds. The van der Waals surface area contributed by atoms with E-state index in [2.05, 4.69) is 9.28 Å². The van der Waals surface area contributed by atoms with Gasteiger partial charge >= 0.3 is 10.1 Å². The van der Waals surface area contributed by atoms with Crippen LogP contribution in [-0.2, 0) is 20.1 Å². The highest BCUT2D eigenvalue weighted by molar-refractivity contribution is 7.89. The van der Waals surface area contributed by atoms with E-state index in [-0.39, 0.29) is 11.4 Å². The first kappa shape index (κ1) is 12.8. The summed E-state index contributed by atoms with van der Waals surface area (Å²) in [7, 11) is -7.40. The Hall–Kier alpha value is -1.61. The van der Waals surface area contributed by atoms with Gasteiger partial charge in [0.25, 0.3) is 15.9 Å². The van der Waals surface area contributed by atoms with E-state index in [0.717, 1.165) is 16.6 Å². The zero-order valence-corrected chi connectivity index (χ0v) is 11.2. The van der Waals surface area contributed by atoms with Gasteiger partial charge in [0.05, 0.1) is 23.4 Å². The van der Waals surface area contributed by atoms with E-state index in [4.69, 9.17) is 0 Å². The van der Waals surface area contributed by atoms with Crippen molar-refractivity contribution in [1.82, 2.24) is 9.19 Å². The molecule has 1 aromatic heterocycles. The fraction of sp³-hybridized carbons (Fsp3) is 0.222. The Morgan fingerprint density at radius 1 is 1.11 bits per heavy atom. The molecule has 18 heavy (non-hydrogen) atoms. The molecule has 0 N–H and O–H groups in total. The summed E-state index contributed by atoms with van der Waals surface area (Å²) in [5, 5.41) is 3.99. The van der Waals surface area contributed by atoms with Gasteiger partial charge in [-0.2, -0.15) is 12.5 Å². The molecule has 0 radical (unpaired) electrons. The van der Waals surface area contributed by atoms with Crippen molar-refractivity contribution in [1.29, 1.82) is 0 Å². The van der Waals surface area contributed by atoms with Crippen LogP contribution in [-0.4, -0.2) is 38.5 Å². The standard InChI is InChI=1S/C9H10N2O5S2/c1-17(12,13)11-8-6-4-3-5-7(8)9(10-11)16-18(2,14)15/h3-6H,1-2H3. The molecule has 98 valence electrons. The summed E-state index contributed by atoms with van der Waals surface area (Å²) in [6.07, 6.45) is 1.83. The largest absolute Gasteiger partial charge is 0.359 e. The predicted molar refractivity (Wildman–Crippen MR) is 65.4 cm³/mol. The van der Waals surface area contributed by atoms with E-state index in [0.29, 0.717) is 5.39 Å². The second-order valence-corrected chi connectivity index (χ2v) is 7.10. The number of aromatic nitrogens is 2.